The van der Waals surface area contributed by atoms with Crippen LogP contribution in [-0.4, -0.2) is 21.4 Å². The molecule has 0 bridgehead atoms. The van der Waals surface area contributed by atoms with Crippen molar-refractivity contribution in [1.29, 1.82) is 0 Å². The molecular formula is C20H21N3O2S. The number of nitrogens with zero attached hydrogens (tertiary/aromatic N) is 2. The van der Waals surface area contributed by atoms with Gasteiger partial charge in [0.15, 0.2) is 0 Å². The molecule has 26 heavy (non-hydrogen) atoms. The number of aromatic nitrogens is 2. The van der Waals surface area contributed by atoms with Crippen LogP contribution in [0.4, 0.5) is 0 Å². The zero-order valence-electron chi connectivity index (χ0n) is 14.6. The van der Waals surface area contributed by atoms with Crippen molar-refractivity contribution in [3.63, 3.8) is 0 Å². The Morgan fingerprint density at radius 2 is 1.96 bits per heavy atom. The highest BCUT2D eigenvalue weighted by Gasteiger charge is 2.07. The van der Waals surface area contributed by atoms with Gasteiger partial charge in [0.05, 0.1) is 23.1 Å². The average molecular weight is 367 g/mol. The summed E-state index contributed by atoms with van der Waals surface area (Å²) in [5.41, 5.74) is 6.71. The fourth-order valence-corrected chi connectivity index (χ4v) is 2.80. The van der Waals surface area contributed by atoms with Gasteiger partial charge in [0, 0.05) is 11.3 Å². The summed E-state index contributed by atoms with van der Waals surface area (Å²) in [4.78, 5) is 12.9. The van der Waals surface area contributed by atoms with Crippen molar-refractivity contribution in [2.45, 2.75) is 19.9 Å². The topological polar surface area (TPSA) is 70.1 Å². The molecule has 2 N–H and O–H groups in total. The largest absolute Gasteiger partial charge is 0.492 e. The smallest absolute Gasteiger partial charge is 0.274 e. The van der Waals surface area contributed by atoms with E-state index in [-0.39, 0.29) is 11.5 Å². The molecule has 3 aromatic rings. The number of rotatable bonds is 7. The van der Waals surface area contributed by atoms with E-state index in [1.54, 1.807) is 6.20 Å². The van der Waals surface area contributed by atoms with Gasteiger partial charge in [-0.05, 0) is 30.2 Å². The highest BCUT2D eigenvalue weighted by atomic mass is 32.1. The molecular weight excluding hydrogens is 346 g/mol. The molecule has 5 nitrogen and oxygen atoms in total. The lowest BCUT2D eigenvalue weighted by molar-refractivity contribution is 0.288. The van der Waals surface area contributed by atoms with Crippen molar-refractivity contribution in [3.05, 3.63) is 70.6 Å². The van der Waals surface area contributed by atoms with E-state index in [2.05, 4.69) is 5.10 Å². The first-order valence-corrected chi connectivity index (χ1v) is 8.91. The summed E-state index contributed by atoms with van der Waals surface area (Å²) in [5, 5.41) is 5.71. The molecule has 0 spiro atoms. The van der Waals surface area contributed by atoms with Crippen LogP contribution in [0.3, 0.4) is 0 Å². The van der Waals surface area contributed by atoms with E-state index in [1.165, 1.54) is 4.68 Å². The molecule has 0 saturated heterocycles. The van der Waals surface area contributed by atoms with Gasteiger partial charge in [-0.25, -0.2) is 4.68 Å². The van der Waals surface area contributed by atoms with E-state index < -0.39 is 0 Å². The maximum Gasteiger partial charge on any atom is 0.274 e. The monoisotopic (exact) mass is 367 g/mol. The van der Waals surface area contributed by atoms with Crippen molar-refractivity contribution in [2.75, 3.05) is 6.61 Å². The van der Waals surface area contributed by atoms with Crippen LogP contribution >= 0.6 is 12.2 Å². The number of benzene rings is 2. The number of ether oxygens (including phenoxy) is 1. The minimum Gasteiger partial charge on any atom is -0.492 e. The molecule has 2 aromatic carbocycles. The van der Waals surface area contributed by atoms with Crippen LogP contribution < -0.4 is 16.0 Å². The van der Waals surface area contributed by atoms with E-state index >= 15 is 0 Å². The number of fused-ring (bicyclic) bond motifs is 1. The van der Waals surface area contributed by atoms with Crippen molar-refractivity contribution in [1.82, 2.24) is 9.78 Å². The Hall–Kier alpha value is -2.73. The Kier molecular flexibility index (Phi) is 5.63. The molecule has 0 aliphatic carbocycles. The van der Waals surface area contributed by atoms with Crippen molar-refractivity contribution < 1.29 is 4.74 Å². The van der Waals surface area contributed by atoms with Gasteiger partial charge in [-0.1, -0.05) is 49.5 Å². The summed E-state index contributed by atoms with van der Waals surface area (Å²) in [7, 11) is 0. The first-order valence-electron chi connectivity index (χ1n) is 8.50. The molecule has 1 heterocycles. The van der Waals surface area contributed by atoms with E-state index in [4.69, 9.17) is 22.7 Å². The normalized spacial score (nSPS) is 12.0. The summed E-state index contributed by atoms with van der Waals surface area (Å²) < 4.78 is 7.17. The summed E-state index contributed by atoms with van der Waals surface area (Å²) in [5.74, 6) is 0.924. The fourth-order valence-electron chi connectivity index (χ4n) is 2.71. The van der Waals surface area contributed by atoms with E-state index in [0.29, 0.717) is 23.5 Å². The minimum atomic E-state index is -0.103. The Labute approximate surface area is 157 Å². The molecule has 0 saturated carbocycles. The Bertz CT molecular complexity index is 967. The first-order chi connectivity index (χ1) is 12.5. The molecule has 0 aliphatic rings. The van der Waals surface area contributed by atoms with Crippen LogP contribution in [0.5, 0.6) is 5.75 Å². The lowest BCUT2D eigenvalue weighted by Crippen LogP contribution is -2.25. The molecule has 0 amide bonds. The number of thiocarbonyl (C=S) groups is 1. The third kappa shape index (κ3) is 4.26. The summed E-state index contributed by atoms with van der Waals surface area (Å²) in [6.07, 6.45) is 2.51. The third-order valence-corrected chi connectivity index (χ3v) is 4.69. The van der Waals surface area contributed by atoms with Crippen LogP contribution in [-0.2, 0) is 13.0 Å². The van der Waals surface area contributed by atoms with Crippen LogP contribution in [0, 0.1) is 5.92 Å². The number of hydrogen-bond acceptors (Lipinski definition) is 4. The molecule has 0 aliphatic heterocycles. The molecule has 6 heteroatoms. The number of hydrogen-bond donors (Lipinski definition) is 1. The number of nitrogens with two attached hydrogens (primary N) is 1. The van der Waals surface area contributed by atoms with Gasteiger partial charge >= 0.3 is 0 Å². The molecule has 3 rings (SSSR count). The van der Waals surface area contributed by atoms with Crippen LogP contribution in [0.2, 0.25) is 0 Å². The summed E-state index contributed by atoms with van der Waals surface area (Å²) in [6.45, 7) is 2.78. The van der Waals surface area contributed by atoms with Crippen LogP contribution in [0.25, 0.3) is 10.8 Å². The highest BCUT2D eigenvalue weighted by Crippen LogP contribution is 2.15. The highest BCUT2D eigenvalue weighted by molar-refractivity contribution is 7.80. The third-order valence-electron chi connectivity index (χ3n) is 4.28. The zero-order chi connectivity index (χ0) is 18.5. The summed E-state index contributed by atoms with van der Waals surface area (Å²) >= 11 is 5.01. The van der Waals surface area contributed by atoms with Gasteiger partial charge in [-0.2, -0.15) is 5.10 Å². The minimum absolute atomic E-state index is 0.103. The second-order valence-electron chi connectivity index (χ2n) is 6.26. The molecule has 1 aromatic heterocycles. The Morgan fingerprint density at radius 1 is 1.23 bits per heavy atom. The first kappa shape index (κ1) is 18.1. The molecule has 0 fully saturated rings. The maximum atomic E-state index is 12.4. The Balaban J connectivity index is 1.59. The van der Waals surface area contributed by atoms with E-state index in [1.807, 2.05) is 55.5 Å². The Morgan fingerprint density at radius 3 is 2.69 bits per heavy atom. The molecule has 134 valence electrons. The SMILES string of the molecule is CC(Cc1ccc(OCCn2ncc3ccccc3c2=O)cc1)C(N)=S. The van der Waals surface area contributed by atoms with Crippen molar-refractivity contribution in [3.8, 4) is 5.75 Å². The van der Waals surface area contributed by atoms with Gasteiger partial charge in [-0.15, -0.1) is 0 Å². The zero-order valence-corrected chi connectivity index (χ0v) is 15.4. The standard InChI is InChI=1S/C20H21N3O2S/c1-14(19(21)26)12-15-6-8-17(9-7-15)25-11-10-23-20(24)18-5-3-2-4-16(18)13-22-23/h2-9,13-14H,10-12H2,1H3,(H2,21,26). The lowest BCUT2D eigenvalue weighted by Gasteiger charge is -2.11. The van der Waals surface area contributed by atoms with Gasteiger partial charge in [-0.3, -0.25) is 4.79 Å². The molecule has 1 unspecified atom stereocenters. The molecule has 1 atom stereocenters. The maximum absolute atomic E-state index is 12.4. The van der Waals surface area contributed by atoms with E-state index in [0.717, 1.165) is 23.1 Å². The van der Waals surface area contributed by atoms with Crippen molar-refractivity contribution in [2.24, 2.45) is 11.7 Å². The van der Waals surface area contributed by atoms with Crippen LogP contribution in [0.15, 0.2) is 59.5 Å². The lowest BCUT2D eigenvalue weighted by atomic mass is 10.0. The average Bonchev–Trinajstić information content (AvgIpc) is 2.65. The molecule has 0 radical (unpaired) electrons. The fraction of sp³-hybridized carbons (Fsp3) is 0.250. The second-order valence-corrected chi connectivity index (χ2v) is 6.73. The van der Waals surface area contributed by atoms with Gasteiger partial charge < -0.3 is 10.5 Å². The summed E-state index contributed by atoms with van der Waals surface area (Å²) in [6, 6.07) is 15.3. The van der Waals surface area contributed by atoms with Crippen molar-refractivity contribution >= 4 is 28.0 Å². The van der Waals surface area contributed by atoms with Crippen LogP contribution in [0.1, 0.15) is 12.5 Å². The van der Waals surface area contributed by atoms with Gasteiger partial charge in [0.25, 0.3) is 5.56 Å². The van der Waals surface area contributed by atoms with Gasteiger partial charge in [0.2, 0.25) is 0 Å². The second kappa shape index (κ2) is 8.10. The van der Waals surface area contributed by atoms with E-state index in [9.17, 15) is 4.79 Å². The quantitative estimate of drug-likeness (QED) is 0.650. The van der Waals surface area contributed by atoms with Gasteiger partial charge in [0.1, 0.15) is 12.4 Å². The predicted molar refractivity (Wildman–Crippen MR) is 108 cm³/mol. The predicted octanol–water partition coefficient (Wildman–Crippen LogP) is 2.94.